The smallest absolute Gasteiger partial charge is 0.143 e. The fourth-order valence-electron chi connectivity index (χ4n) is 2.86. The fraction of sp³-hybridized carbons (Fsp3) is 0.0952. The summed E-state index contributed by atoms with van der Waals surface area (Å²) in [6, 6.07) is 19.9. The maximum absolute atomic E-state index is 6.22. The summed E-state index contributed by atoms with van der Waals surface area (Å²) in [5, 5.41) is 4.14. The molecule has 2 heterocycles. The molecule has 0 atom stereocenters. The average molecular weight is 364 g/mol. The van der Waals surface area contributed by atoms with Crippen LogP contribution in [0.3, 0.4) is 0 Å². The molecule has 4 aromatic rings. The Labute approximate surface area is 157 Å². The quantitative estimate of drug-likeness (QED) is 0.504. The van der Waals surface area contributed by atoms with Gasteiger partial charge in [0, 0.05) is 17.4 Å². The predicted octanol–water partition coefficient (Wildman–Crippen LogP) is 5.72. The number of nitrogens with one attached hydrogen (secondary N) is 1. The van der Waals surface area contributed by atoms with E-state index in [9.17, 15) is 0 Å². The van der Waals surface area contributed by atoms with Gasteiger partial charge in [-0.3, -0.25) is 4.40 Å². The van der Waals surface area contributed by atoms with Crippen molar-refractivity contribution in [1.29, 1.82) is 0 Å². The lowest BCUT2D eigenvalue weighted by atomic mass is 10.1. The molecule has 4 nitrogen and oxygen atoms in total. The van der Waals surface area contributed by atoms with Crippen molar-refractivity contribution in [3.05, 3.63) is 77.4 Å². The van der Waals surface area contributed by atoms with Gasteiger partial charge in [-0.1, -0.05) is 29.3 Å². The first-order chi connectivity index (χ1) is 12.6. The Morgan fingerprint density at radius 1 is 0.962 bits per heavy atom. The highest BCUT2D eigenvalue weighted by molar-refractivity contribution is 6.30. The van der Waals surface area contributed by atoms with Crippen LogP contribution in [0.25, 0.3) is 16.9 Å². The lowest BCUT2D eigenvalue weighted by Crippen LogP contribution is -1.97. The zero-order chi connectivity index (χ0) is 18.1. The molecule has 0 saturated carbocycles. The third-order valence-electron chi connectivity index (χ3n) is 4.26. The third kappa shape index (κ3) is 3.11. The number of ether oxygens (including phenoxy) is 1. The van der Waals surface area contributed by atoms with E-state index in [1.54, 1.807) is 7.11 Å². The molecule has 0 aliphatic heterocycles. The van der Waals surface area contributed by atoms with Gasteiger partial charge in [-0.2, -0.15) is 0 Å². The molecular formula is C21H18ClN3O. The highest BCUT2D eigenvalue weighted by Crippen LogP contribution is 2.32. The monoisotopic (exact) mass is 363 g/mol. The van der Waals surface area contributed by atoms with Crippen molar-refractivity contribution in [1.82, 2.24) is 9.38 Å². The Balaban J connectivity index is 1.86. The van der Waals surface area contributed by atoms with Crippen molar-refractivity contribution in [2.75, 3.05) is 12.4 Å². The first kappa shape index (κ1) is 16.5. The van der Waals surface area contributed by atoms with Gasteiger partial charge in [0.15, 0.2) is 0 Å². The van der Waals surface area contributed by atoms with E-state index in [0.29, 0.717) is 5.02 Å². The van der Waals surface area contributed by atoms with Crippen molar-refractivity contribution in [2.45, 2.75) is 6.92 Å². The van der Waals surface area contributed by atoms with Crippen molar-refractivity contribution in [3.8, 4) is 17.0 Å². The molecule has 0 fully saturated rings. The lowest BCUT2D eigenvalue weighted by Gasteiger charge is -2.10. The number of fused-ring (bicyclic) bond motifs is 1. The minimum Gasteiger partial charge on any atom is -0.497 e. The number of halogens is 1. The number of imidazole rings is 1. The molecule has 0 aliphatic carbocycles. The number of pyridine rings is 1. The Morgan fingerprint density at radius 2 is 1.69 bits per heavy atom. The van der Waals surface area contributed by atoms with Crippen LogP contribution in [0.5, 0.6) is 5.75 Å². The van der Waals surface area contributed by atoms with Crippen LogP contribution in [0, 0.1) is 6.92 Å². The molecule has 2 aromatic carbocycles. The number of rotatable bonds is 4. The van der Waals surface area contributed by atoms with E-state index in [1.165, 1.54) is 5.56 Å². The molecule has 0 aliphatic rings. The molecule has 5 heteroatoms. The van der Waals surface area contributed by atoms with Crippen molar-refractivity contribution >= 4 is 28.8 Å². The molecule has 0 spiro atoms. The summed E-state index contributed by atoms with van der Waals surface area (Å²) in [7, 11) is 1.66. The highest BCUT2D eigenvalue weighted by Gasteiger charge is 2.15. The first-order valence-corrected chi connectivity index (χ1v) is 8.67. The Kier molecular flexibility index (Phi) is 4.27. The summed E-state index contributed by atoms with van der Waals surface area (Å²) >= 11 is 6.22. The van der Waals surface area contributed by atoms with Gasteiger partial charge in [0.05, 0.1) is 12.1 Å². The molecule has 130 valence electrons. The van der Waals surface area contributed by atoms with Gasteiger partial charge in [0.2, 0.25) is 0 Å². The van der Waals surface area contributed by atoms with Gasteiger partial charge in [0.25, 0.3) is 0 Å². The molecule has 0 saturated heterocycles. The Bertz CT molecular complexity index is 1050. The van der Waals surface area contributed by atoms with Crippen molar-refractivity contribution in [2.24, 2.45) is 0 Å². The zero-order valence-electron chi connectivity index (χ0n) is 14.5. The van der Waals surface area contributed by atoms with Gasteiger partial charge < -0.3 is 10.1 Å². The van der Waals surface area contributed by atoms with Gasteiger partial charge >= 0.3 is 0 Å². The Hall–Kier alpha value is -2.98. The Morgan fingerprint density at radius 3 is 2.38 bits per heavy atom. The number of benzene rings is 2. The number of anilines is 2. The molecule has 0 amide bonds. The normalized spacial score (nSPS) is 10.9. The third-order valence-corrected chi connectivity index (χ3v) is 4.48. The van der Waals surface area contributed by atoms with Crippen LogP contribution in [0.4, 0.5) is 11.5 Å². The maximum atomic E-state index is 6.22. The molecule has 4 rings (SSSR count). The second-order valence-electron chi connectivity index (χ2n) is 6.10. The number of hydrogen-bond acceptors (Lipinski definition) is 3. The molecule has 1 N–H and O–H groups in total. The number of aromatic nitrogens is 2. The SMILES string of the molecule is COc1ccc(-c2nc3ccc(Cl)cn3c2Nc2ccc(C)cc2)cc1. The number of aryl methyl sites for hydroxylation is 1. The van der Waals surface area contributed by atoms with E-state index in [-0.39, 0.29) is 0 Å². The molecule has 0 bridgehead atoms. The van der Waals surface area contributed by atoms with E-state index in [4.69, 9.17) is 21.3 Å². The van der Waals surface area contributed by atoms with Crippen molar-refractivity contribution in [3.63, 3.8) is 0 Å². The summed E-state index contributed by atoms with van der Waals surface area (Å²) < 4.78 is 7.23. The van der Waals surface area contributed by atoms with Crippen LogP contribution in [0.2, 0.25) is 5.02 Å². The number of methoxy groups -OCH3 is 1. The zero-order valence-corrected chi connectivity index (χ0v) is 15.3. The van der Waals surface area contributed by atoms with E-state index in [0.717, 1.165) is 34.2 Å². The van der Waals surface area contributed by atoms with E-state index in [1.807, 2.05) is 47.0 Å². The summed E-state index contributed by atoms with van der Waals surface area (Å²) in [6.07, 6.45) is 1.87. The molecule has 2 aromatic heterocycles. The first-order valence-electron chi connectivity index (χ1n) is 8.30. The van der Waals surface area contributed by atoms with Crippen LogP contribution in [0.15, 0.2) is 66.9 Å². The van der Waals surface area contributed by atoms with Crippen LogP contribution >= 0.6 is 11.6 Å². The number of hydrogen-bond donors (Lipinski definition) is 1. The van der Waals surface area contributed by atoms with Crippen LogP contribution in [0.1, 0.15) is 5.56 Å². The summed E-state index contributed by atoms with van der Waals surface area (Å²) in [5.41, 5.74) is 4.89. The topological polar surface area (TPSA) is 38.6 Å². The summed E-state index contributed by atoms with van der Waals surface area (Å²) in [4.78, 5) is 4.79. The van der Waals surface area contributed by atoms with Gasteiger partial charge in [-0.15, -0.1) is 0 Å². The number of nitrogens with zero attached hydrogens (tertiary/aromatic N) is 2. The maximum Gasteiger partial charge on any atom is 0.143 e. The van der Waals surface area contributed by atoms with Gasteiger partial charge in [0.1, 0.15) is 22.9 Å². The molecular weight excluding hydrogens is 346 g/mol. The molecule has 0 unspecified atom stereocenters. The van der Waals surface area contributed by atoms with E-state index < -0.39 is 0 Å². The minimum atomic E-state index is 0.656. The van der Waals surface area contributed by atoms with Gasteiger partial charge in [-0.25, -0.2) is 4.98 Å². The lowest BCUT2D eigenvalue weighted by molar-refractivity contribution is 0.415. The van der Waals surface area contributed by atoms with Crippen LogP contribution < -0.4 is 10.1 Å². The largest absolute Gasteiger partial charge is 0.497 e. The standard InChI is InChI=1S/C21H18ClN3O/c1-14-3-8-17(9-4-14)23-21-20(15-5-10-18(26-2)11-6-15)24-19-12-7-16(22)13-25(19)21/h3-13,23H,1-2H3. The predicted molar refractivity (Wildman–Crippen MR) is 107 cm³/mol. The van der Waals surface area contributed by atoms with E-state index >= 15 is 0 Å². The average Bonchev–Trinajstić information content (AvgIpc) is 3.01. The molecule has 0 radical (unpaired) electrons. The van der Waals surface area contributed by atoms with Crippen LogP contribution in [-0.2, 0) is 0 Å². The van der Waals surface area contributed by atoms with E-state index in [2.05, 4.69) is 36.5 Å². The van der Waals surface area contributed by atoms with Crippen LogP contribution in [-0.4, -0.2) is 16.5 Å². The molecule has 26 heavy (non-hydrogen) atoms. The summed E-state index contributed by atoms with van der Waals surface area (Å²) in [6.45, 7) is 2.07. The fourth-order valence-corrected chi connectivity index (χ4v) is 3.02. The van der Waals surface area contributed by atoms with Gasteiger partial charge in [-0.05, 0) is 55.5 Å². The highest BCUT2D eigenvalue weighted by atomic mass is 35.5. The summed E-state index contributed by atoms with van der Waals surface area (Å²) in [5.74, 6) is 1.69. The van der Waals surface area contributed by atoms with Crippen molar-refractivity contribution < 1.29 is 4.74 Å². The minimum absolute atomic E-state index is 0.656. The second kappa shape index (κ2) is 6.73. The second-order valence-corrected chi connectivity index (χ2v) is 6.54.